The molecule has 57 heavy (non-hydrogen) atoms. The number of hydrogen-bond acceptors (Lipinski definition) is 10. The number of phenols is 2. The van der Waals surface area contributed by atoms with Crippen molar-refractivity contribution in [1.82, 2.24) is 25.8 Å². The van der Waals surface area contributed by atoms with Crippen LogP contribution in [0.15, 0.2) is 66.7 Å². The SMILES string of the molecule is CCC(=O)N(C)[C@H](COCc1ccccc1)C(=O)N[C@H](C)C(=O)CCC(=O)N(C)[C@@H]1C(=O)N[C@@H](C)C(=O)N[C@H](C(=O)O)Cc2ccc(O)c(c2)-c2cc1ccc2O. The van der Waals surface area contributed by atoms with Crippen LogP contribution in [-0.4, -0.2) is 111 Å². The summed E-state index contributed by atoms with van der Waals surface area (Å²) in [6, 6.07) is 11.4. The third-order valence-corrected chi connectivity index (χ3v) is 9.80. The van der Waals surface area contributed by atoms with Gasteiger partial charge in [-0.3, -0.25) is 28.8 Å². The van der Waals surface area contributed by atoms with Gasteiger partial charge in [-0.2, -0.15) is 0 Å². The number of nitrogens with one attached hydrogen (secondary N) is 3. The van der Waals surface area contributed by atoms with Gasteiger partial charge in [-0.1, -0.05) is 49.4 Å². The van der Waals surface area contributed by atoms with E-state index in [0.29, 0.717) is 5.56 Å². The minimum Gasteiger partial charge on any atom is -0.507 e. The molecule has 1 aliphatic rings. The summed E-state index contributed by atoms with van der Waals surface area (Å²) in [6.07, 6.45) is -0.758. The lowest BCUT2D eigenvalue weighted by Gasteiger charge is -2.30. The number of hydrogen-bond donors (Lipinski definition) is 6. The molecule has 0 saturated carbocycles. The van der Waals surface area contributed by atoms with Crippen LogP contribution in [0.5, 0.6) is 11.5 Å². The molecule has 4 rings (SSSR count). The molecule has 16 heteroatoms. The number of benzene rings is 3. The Kier molecular flexibility index (Phi) is 14.9. The number of Topliss-reactive ketones (excluding diaryl/α,β-unsaturated/α-hetero) is 1. The second kappa shape index (κ2) is 19.5. The Morgan fingerprint density at radius 2 is 1.53 bits per heavy atom. The molecule has 0 aromatic heterocycles. The summed E-state index contributed by atoms with van der Waals surface area (Å²) < 4.78 is 5.76. The van der Waals surface area contributed by atoms with Crippen molar-refractivity contribution in [3.63, 3.8) is 0 Å². The van der Waals surface area contributed by atoms with Gasteiger partial charge in [0.05, 0.1) is 19.3 Å². The van der Waals surface area contributed by atoms with E-state index in [4.69, 9.17) is 4.74 Å². The maximum absolute atomic E-state index is 13.9. The molecule has 4 bridgehead atoms. The van der Waals surface area contributed by atoms with Gasteiger partial charge in [-0.25, -0.2) is 4.79 Å². The van der Waals surface area contributed by atoms with Crippen molar-refractivity contribution in [3.8, 4) is 22.6 Å². The van der Waals surface area contributed by atoms with E-state index in [-0.39, 0.29) is 73.0 Å². The van der Waals surface area contributed by atoms with Gasteiger partial charge < -0.3 is 45.8 Å². The molecule has 1 aliphatic heterocycles. The van der Waals surface area contributed by atoms with Crippen LogP contribution in [0.1, 0.15) is 62.8 Å². The molecule has 6 N–H and O–H groups in total. The molecule has 0 aliphatic carbocycles. The Labute approximate surface area is 330 Å². The van der Waals surface area contributed by atoms with Crippen molar-refractivity contribution in [2.75, 3.05) is 20.7 Å². The summed E-state index contributed by atoms with van der Waals surface area (Å²) in [6.45, 7) is 4.51. The molecule has 0 spiro atoms. The van der Waals surface area contributed by atoms with Crippen molar-refractivity contribution < 1.29 is 53.6 Å². The topological polar surface area (TPSA) is 232 Å². The fraction of sp³-hybridized carbons (Fsp3) is 0.390. The fourth-order valence-corrected chi connectivity index (χ4v) is 6.31. The smallest absolute Gasteiger partial charge is 0.326 e. The lowest BCUT2D eigenvalue weighted by atomic mass is 9.93. The molecule has 16 nitrogen and oxygen atoms in total. The normalized spacial score (nSPS) is 17.8. The number of aliphatic carboxylic acids is 1. The van der Waals surface area contributed by atoms with Crippen molar-refractivity contribution in [3.05, 3.63) is 83.4 Å². The highest BCUT2D eigenvalue weighted by Crippen LogP contribution is 2.38. The zero-order chi connectivity index (χ0) is 42.0. The number of carbonyl (C=O) groups is 7. The van der Waals surface area contributed by atoms with Gasteiger partial charge >= 0.3 is 5.97 Å². The van der Waals surface area contributed by atoms with Crippen molar-refractivity contribution in [2.45, 2.75) is 83.3 Å². The van der Waals surface area contributed by atoms with Crippen LogP contribution >= 0.6 is 0 Å². The largest absolute Gasteiger partial charge is 0.507 e. The van der Waals surface area contributed by atoms with Crippen molar-refractivity contribution in [1.29, 1.82) is 0 Å². The quantitative estimate of drug-likeness (QED) is 0.139. The molecule has 5 amide bonds. The monoisotopic (exact) mass is 787 g/mol. The average Bonchev–Trinajstić information content (AvgIpc) is 3.18. The van der Waals surface area contributed by atoms with Crippen LogP contribution in [0.4, 0.5) is 0 Å². The highest BCUT2D eigenvalue weighted by Gasteiger charge is 2.34. The standard InChI is InChI=1S/C41H49N5O11/c1-6-35(50)45(4)31(22-57-21-25-10-8-7-9-11-25)39(53)42-23(2)32(47)16-17-36(51)46(5)37-27-13-15-34(49)29(20-27)28-18-26(12-14-33(28)48)19-30(41(55)56)44-38(52)24(3)43-40(37)54/h7-15,18,20,23-24,30-31,37,48-49H,6,16-17,19,21-22H2,1-5H3,(H,42,53)(H,43,54)(H,44,52)(H,55,56)/t23-,24+,30+,31-,37+/m1/s1. The van der Waals surface area contributed by atoms with E-state index in [1.807, 2.05) is 30.3 Å². The molecule has 1 heterocycles. The van der Waals surface area contributed by atoms with E-state index in [9.17, 15) is 48.9 Å². The minimum absolute atomic E-state index is 0.0845. The van der Waals surface area contributed by atoms with Crippen LogP contribution in [0.3, 0.4) is 0 Å². The van der Waals surface area contributed by atoms with Crippen LogP contribution in [0.25, 0.3) is 11.1 Å². The Hall–Kier alpha value is -6.29. The van der Waals surface area contributed by atoms with Crippen molar-refractivity contribution >= 4 is 41.3 Å². The van der Waals surface area contributed by atoms with Gasteiger partial charge in [-0.15, -0.1) is 0 Å². The summed E-state index contributed by atoms with van der Waals surface area (Å²) in [7, 11) is 2.79. The van der Waals surface area contributed by atoms with E-state index >= 15 is 0 Å². The molecule has 3 aromatic rings. The number of amides is 5. The van der Waals surface area contributed by atoms with Crippen LogP contribution in [0.2, 0.25) is 0 Å². The minimum atomic E-state index is -1.42. The molecule has 0 unspecified atom stereocenters. The van der Waals surface area contributed by atoms with Crippen molar-refractivity contribution in [2.24, 2.45) is 0 Å². The number of ketones is 1. The number of carboxylic acids is 1. The first-order valence-electron chi connectivity index (χ1n) is 18.5. The maximum atomic E-state index is 13.9. The van der Waals surface area contributed by atoms with Crippen LogP contribution < -0.4 is 16.0 Å². The predicted molar refractivity (Wildman–Crippen MR) is 206 cm³/mol. The first kappa shape index (κ1) is 43.4. The van der Waals surface area contributed by atoms with E-state index in [1.165, 1.54) is 69.2 Å². The fourth-order valence-electron chi connectivity index (χ4n) is 6.31. The molecular formula is C41H49N5O11. The van der Waals surface area contributed by atoms with E-state index in [0.717, 1.165) is 10.5 Å². The second-order valence-corrected chi connectivity index (χ2v) is 13.9. The van der Waals surface area contributed by atoms with Gasteiger partial charge in [-0.05, 0) is 54.8 Å². The Balaban J connectivity index is 1.52. The van der Waals surface area contributed by atoms with Gasteiger partial charge in [0.1, 0.15) is 35.7 Å². The number of phenolic OH excluding ortho intramolecular Hbond substituents is 2. The van der Waals surface area contributed by atoms with Gasteiger partial charge in [0, 0.05) is 50.9 Å². The number of fused-ring (bicyclic) bond motifs is 5. The number of carbonyl (C=O) groups excluding carboxylic acids is 6. The van der Waals surface area contributed by atoms with Gasteiger partial charge in [0.15, 0.2) is 5.78 Å². The summed E-state index contributed by atoms with van der Waals surface area (Å²) in [5, 5.41) is 39.0. The van der Waals surface area contributed by atoms with Gasteiger partial charge in [0.2, 0.25) is 29.5 Å². The number of rotatable bonds is 14. The first-order valence-corrected chi connectivity index (χ1v) is 18.5. The summed E-state index contributed by atoms with van der Waals surface area (Å²) >= 11 is 0. The molecule has 304 valence electrons. The predicted octanol–water partition coefficient (Wildman–Crippen LogP) is 2.20. The third kappa shape index (κ3) is 11.2. The number of likely N-dealkylation sites (N-methyl/N-ethyl adjacent to an activating group) is 2. The maximum Gasteiger partial charge on any atom is 0.326 e. The first-order chi connectivity index (χ1) is 27.0. The Morgan fingerprint density at radius 1 is 0.877 bits per heavy atom. The summed E-state index contributed by atoms with van der Waals surface area (Å²) in [4.78, 5) is 94.2. The third-order valence-electron chi connectivity index (χ3n) is 9.80. The number of ether oxygens (including phenoxy) is 1. The highest BCUT2D eigenvalue weighted by molar-refractivity contribution is 5.96. The Bertz CT molecular complexity index is 1990. The zero-order valence-electron chi connectivity index (χ0n) is 32.5. The molecule has 0 radical (unpaired) electrons. The lowest BCUT2D eigenvalue weighted by molar-refractivity contribution is -0.143. The van der Waals surface area contributed by atoms with Gasteiger partial charge in [0.25, 0.3) is 0 Å². The van der Waals surface area contributed by atoms with E-state index in [2.05, 4.69) is 16.0 Å². The molecule has 0 saturated heterocycles. The zero-order valence-corrected chi connectivity index (χ0v) is 32.5. The average molecular weight is 788 g/mol. The molecular weight excluding hydrogens is 738 g/mol. The molecule has 0 fully saturated rings. The van der Waals surface area contributed by atoms with Crippen LogP contribution in [0, 0.1) is 0 Å². The Morgan fingerprint density at radius 3 is 2.18 bits per heavy atom. The summed E-state index contributed by atoms with van der Waals surface area (Å²) in [5.41, 5.74) is 1.67. The number of carboxylic acid groups (broad SMARTS) is 1. The number of nitrogens with zero attached hydrogens (tertiary/aromatic N) is 2. The van der Waals surface area contributed by atoms with Crippen LogP contribution in [-0.2, 0) is 51.3 Å². The van der Waals surface area contributed by atoms with E-state index < -0.39 is 65.6 Å². The lowest BCUT2D eigenvalue weighted by Crippen LogP contribution is -2.53. The molecule has 3 aromatic carbocycles. The highest BCUT2D eigenvalue weighted by atomic mass is 16.5. The number of aromatic hydroxyl groups is 2. The van der Waals surface area contributed by atoms with E-state index in [1.54, 1.807) is 6.92 Å². The summed E-state index contributed by atoms with van der Waals surface area (Å²) in [5.74, 6) is -5.61. The molecule has 5 atom stereocenters. The second-order valence-electron chi connectivity index (χ2n) is 13.9.